The van der Waals surface area contributed by atoms with Crippen LogP contribution in [0.2, 0.25) is 0 Å². The largest absolute Gasteiger partial charge is 0.475 e. The zero-order chi connectivity index (χ0) is 27.8. The summed E-state index contributed by atoms with van der Waals surface area (Å²) in [6.45, 7) is 7.84. The maximum Gasteiger partial charge on any atom is 0.475 e. The number of hydrogen-bond acceptors (Lipinski definition) is 13. The fourth-order valence-electron chi connectivity index (χ4n) is 4.20. The molecule has 4 heterocycles. The molecule has 4 rings (SSSR count). The summed E-state index contributed by atoms with van der Waals surface area (Å²) >= 11 is 6.90. The molecule has 14 nitrogen and oxygen atoms in total. The van der Waals surface area contributed by atoms with Gasteiger partial charge in [-0.25, -0.2) is 19.5 Å². The Hall–Kier alpha value is -2.35. The molecule has 210 valence electrons. The molecular formula is C22H31ClN5O9P. The highest BCUT2D eigenvalue weighted by Crippen LogP contribution is 2.60. The normalized spacial score (nSPS) is 29.2. The number of nitrogens with zero attached hydrogens (tertiary/aromatic N) is 4. The maximum absolute atomic E-state index is 13.3. The molecule has 2 saturated heterocycles. The van der Waals surface area contributed by atoms with Crippen molar-refractivity contribution in [3.63, 3.8) is 0 Å². The second kappa shape index (κ2) is 11.0. The summed E-state index contributed by atoms with van der Waals surface area (Å²) in [5, 5.41) is 0. The Labute approximate surface area is 224 Å². The van der Waals surface area contributed by atoms with Crippen LogP contribution in [-0.4, -0.2) is 74.0 Å². The number of hydrogen-bond donors (Lipinski definition) is 1. The Morgan fingerprint density at radius 3 is 2.50 bits per heavy atom. The molecule has 0 spiro atoms. The van der Waals surface area contributed by atoms with E-state index in [2.05, 4.69) is 15.0 Å². The topological polar surface area (TPSA) is 176 Å². The van der Waals surface area contributed by atoms with Gasteiger partial charge < -0.3 is 19.9 Å². The summed E-state index contributed by atoms with van der Waals surface area (Å²) in [5.41, 5.74) is 6.67. The van der Waals surface area contributed by atoms with Crippen LogP contribution in [0.1, 0.15) is 47.3 Å². The summed E-state index contributed by atoms with van der Waals surface area (Å²) in [7, 11) is -4.13. The minimum absolute atomic E-state index is 0.140. The van der Waals surface area contributed by atoms with Gasteiger partial charge in [-0.3, -0.25) is 27.7 Å². The third-order valence-electron chi connectivity index (χ3n) is 5.89. The van der Waals surface area contributed by atoms with E-state index in [0.717, 1.165) is 0 Å². The lowest BCUT2D eigenvalue weighted by Crippen LogP contribution is -2.44. The van der Waals surface area contributed by atoms with Crippen molar-refractivity contribution >= 4 is 48.3 Å². The van der Waals surface area contributed by atoms with Crippen molar-refractivity contribution < 1.29 is 41.9 Å². The van der Waals surface area contributed by atoms with Gasteiger partial charge in [0.25, 0.3) is 0 Å². The van der Waals surface area contributed by atoms with Crippen LogP contribution in [0.5, 0.6) is 0 Å². The number of halogens is 1. The highest BCUT2D eigenvalue weighted by Gasteiger charge is 2.60. The van der Waals surface area contributed by atoms with Gasteiger partial charge in [-0.1, -0.05) is 0 Å². The molecule has 0 amide bonds. The average Bonchev–Trinajstić information content (AvgIpc) is 3.35. The number of rotatable bonds is 9. The molecule has 2 aliphatic rings. The van der Waals surface area contributed by atoms with Gasteiger partial charge in [-0.05, 0) is 41.0 Å². The molecule has 0 aliphatic carbocycles. The molecule has 16 heteroatoms. The van der Waals surface area contributed by atoms with Gasteiger partial charge in [0.05, 0.1) is 31.7 Å². The van der Waals surface area contributed by atoms with Crippen molar-refractivity contribution in [1.29, 1.82) is 0 Å². The number of fused-ring (bicyclic) bond motifs is 2. The third kappa shape index (κ3) is 5.80. The molecule has 5 atom stereocenters. The number of anilines is 1. The van der Waals surface area contributed by atoms with E-state index < -0.39 is 61.2 Å². The standard InChI is InChI=1S/C22H31ClN5O9P/c1-11(2)34-19(29)13(20(30)35-12(3)4)6-7-32-38(31)33-8-14-16(37-38)22(5,23)21(36-14)28-10-27-15-17(24)25-9-26-18(15)28/h9-14,16,21H,6-8H2,1-5H3,(H2,24,25,26)/t14-,16-,21-,22-,38-/m1/s1. The fraction of sp³-hybridized carbons (Fsp3) is 0.682. The van der Waals surface area contributed by atoms with Crippen LogP contribution >= 0.6 is 19.4 Å². The van der Waals surface area contributed by atoms with E-state index in [4.69, 9.17) is 45.1 Å². The summed E-state index contributed by atoms with van der Waals surface area (Å²) < 4.78 is 47.9. The zero-order valence-electron chi connectivity index (χ0n) is 21.6. The van der Waals surface area contributed by atoms with Gasteiger partial charge in [0.15, 0.2) is 23.6 Å². The SMILES string of the molecule is CC(C)OC(=O)C(CCO[P@]1(=O)OC[C@H]2O[C@@H](n3cnc4c(N)ncnc43)[C@](C)(Cl)[C@@H]2O1)C(=O)OC(C)C. The first-order chi connectivity index (χ1) is 17.8. The second-order valence-corrected chi connectivity index (χ2v) is 12.1. The molecule has 0 saturated carbocycles. The Bertz CT molecular complexity index is 1220. The minimum atomic E-state index is -4.13. The number of ether oxygens (including phenoxy) is 3. The van der Waals surface area contributed by atoms with E-state index in [0.29, 0.717) is 11.2 Å². The third-order valence-corrected chi connectivity index (χ3v) is 7.74. The lowest BCUT2D eigenvalue weighted by Gasteiger charge is -2.34. The lowest BCUT2D eigenvalue weighted by atomic mass is 10.0. The van der Waals surface area contributed by atoms with Crippen molar-refractivity contribution in [2.24, 2.45) is 5.92 Å². The zero-order valence-corrected chi connectivity index (χ0v) is 23.3. The summed E-state index contributed by atoms with van der Waals surface area (Å²) in [6, 6.07) is 0. The van der Waals surface area contributed by atoms with Crippen LogP contribution < -0.4 is 5.73 Å². The van der Waals surface area contributed by atoms with Crippen LogP contribution in [-0.2, 0) is 41.9 Å². The van der Waals surface area contributed by atoms with Gasteiger partial charge in [-0.2, -0.15) is 0 Å². The predicted octanol–water partition coefficient (Wildman–Crippen LogP) is 2.75. The van der Waals surface area contributed by atoms with Crippen LogP contribution in [0.25, 0.3) is 11.2 Å². The van der Waals surface area contributed by atoms with Crippen molar-refractivity contribution in [1.82, 2.24) is 19.5 Å². The quantitative estimate of drug-likeness (QED) is 0.200. The molecule has 2 aliphatic heterocycles. The molecule has 0 bridgehead atoms. The highest BCUT2D eigenvalue weighted by molar-refractivity contribution is 7.48. The smallest absolute Gasteiger partial charge is 0.462 e. The Kier molecular flexibility index (Phi) is 8.31. The number of nitrogen functional groups attached to an aromatic ring is 1. The molecular weight excluding hydrogens is 545 g/mol. The van der Waals surface area contributed by atoms with Gasteiger partial charge in [-0.15, -0.1) is 11.6 Å². The first kappa shape index (κ1) is 28.7. The van der Waals surface area contributed by atoms with Crippen molar-refractivity contribution in [3.8, 4) is 0 Å². The van der Waals surface area contributed by atoms with Crippen LogP contribution in [0, 0.1) is 5.92 Å². The highest BCUT2D eigenvalue weighted by atomic mass is 35.5. The first-order valence-corrected chi connectivity index (χ1v) is 13.9. The van der Waals surface area contributed by atoms with E-state index in [1.165, 1.54) is 12.7 Å². The summed E-state index contributed by atoms with van der Waals surface area (Å²) in [4.78, 5) is 36.1. The van der Waals surface area contributed by atoms with E-state index in [9.17, 15) is 14.2 Å². The van der Waals surface area contributed by atoms with Crippen LogP contribution in [0.3, 0.4) is 0 Å². The monoisotopic (exact) mass is 575 g/mol. The van der Waals surface area contributed by atoms with E-state index in [-0.39, 0.29) is 25.5 Å². The lowest BCUT2D eigenvalue weighted by molar-refractivity contribution is -0.167. The molecule has 2 aromatic heterocycles. The molecule has 0 radical (unpaired) electrons. The van der Waals surface area contributed by atoms with Gasteiger partial charge in [0.1, 0.15) is 28.9 Å². The fourth-order valence-corrected chi connectivity index (χ4v) is 6.09. The van der Waals surface area contributed by atoms with E-state index in [1.54, 1.807) is 39.2 Å². The molecule has 2 aromatic rings. The number of esters is 2. The predicted molar refractivity (Wildman–Crippen MR) is 133 cm³/mol. The summed E-state index contributed by atoms with van der Waals surface area (Å²) in [5.74, 6) is -2.61. The number of carbonyl (C=O) groups is 2. The first-order valence-electron chi connectivity index (χ1n) is 12.1. The Morgan fingerprint density at radius 1 is 1.21 bits per heavy atom. The second-order valence-electron chi connectivity index (χ2n) is 9.68. The van der Waals surface area contributed by atoms with E-state index >= 15 is 0 Å². The molecule has 2 N–H and O–H groups in total. The number of carbonyl (C=O) groups excluding carboxylic acids is 2. The van der Waals surface area contributed by atoms with Gasteiger partial charge in [0, 0.05) is 0 Å². The number of nitrogens with two attached hydrogens (primary N) is 1. The maximum atomic E-state index is 13.3. The number of aromatic nitrogens is 4. The van der Waals surface area contributed by atoms with Crippen molar-refractivity contribution in [2.75, 3.05) is 18.9 Å². The molecule has 2 fully saturated rings. The number of phosphoric ester groups is 1. The van der Waals surface area contributed by atoms with Gasteiger partial charge >= 0.3 is 19.8 Å². The minimum Gasteiger partial charge on any atom is -0.462 e. The van der Waals surface area contributed by atoms with Crippen molar-refractivity contribution in [3.05, 3.63) is 12.7 Å². The summed E-state index contributed by atoms with van der Waals surface area (Å²) in [6.07, 6.45) is -0.682. The molecule has 0 aromatic carbocycles. The Morgan fingerprint density at radius 2 is 1.87 bits per heavy atom. The van der Waals surface area contributed by atoms with Crippen molar-refractivity contribution in [2.45, 2.75) is 76.6 Å². The van der Waals surface area contributed by atoms with Crippen LogP contribution in [0.15, 0.2) is 12.7 Å². The van der Waals surface area contributed by atoms with Gasteiger partial charge in [0.2, 0.25) is 0 Å². The number of alkyl halides is 1. The number of imidazole rings is 1. The van der Waals surface area contributed by atoms with Crippen LogP contribution in [0.4, 0.5) is 5.82 Å². The number of phosphoric acid groups is 1. The van der Waals surface area contributed by atoms with E-state index in [1.807, 2.05) is 0 Å². The Balaban J connectivity index is 1.44. The average molecular weight is 576 g/mol. The molecule has 0 unspecified atom stereocenters. The molecule has 38 heavy (non-hydrogen) atoms.